The number of hydrogen-bond acceptors (Lipinski definition) is 5. The largest absolute Gasteiger partial charge is 0.454 e. The molecule has 0 spiro atoms. The zero-order valence-corrected chi connectivity index (χ0v) is 15.3. The molecule has 1 aliphatic heterocycles. The molecule has 0 saturated heterocycles. The van der Waals surface area contributed by atoms with Gasteiger partial charge in [-0.3, -0.25) is 4.79 Å². The Balaban J connectivity index is 1.38. The molecule has 142 valence electrons. The average Bonchev–Trinajstić information content (AvgIpc) is 3.19. The Morgan fingerprint density at radius 3 is 2.71 bits per heavy atom. The van der Waals surface area contributed by atoms with E-state index in [1.54, 1.807) is 25.1 Å². The molecule has 3 aromatic rings. The summed E-state index contributed by atoms with van der Waals surface area (Å²) in [6.07, 6.45) is -0.916. The number of carbonyl (C=O) groups excluding carboxylic acids is 2. The molecular weight excluding hydrogens is 358 g/mol. The van der Waals surface area contributed by atoms with Gasteiger partial charge in [-0.25, -0.2) is 4.79 Å². The van der Waals surface area contributed by atoms with Crippen molar-refractivity contribution in [3.8, 4) is 11.5 Å². The smallest absolute Gasteiger partial charge is 0.339 e. The predicted molar refractivity (Wildman–Crippen MR) is 103 cm³/mol. The Bertz CT molecular complexity index is 1040. The zero-order chi connectivity index (χ0) is 19.5. The molecule has 0 fully saturated rings. The molecule has 1 aliphatic rings. The van der Waals surface area contributed by atoms with Gasteiger partial charge in [-0.1, -0.05) is 42.5 Å². The van der Waals surface area contributed by atoms with Crippen LogP contribution >= 0.6 is 0 Å². The van der Waals surface area contributed by atoms with Crippen molar-refractivity contribution >= 4 is 22.6 Å². The number of esters is 1. The van der Waals surface area contributed by atoms with Gasteiger partial charge in [0.15, 0.2) is 17.6 Å². The standard InChI is InChI=1S/C22H19NO5/c1-14(21(24)23-12-15-9-10-19-20(11-15)27-13-26-19)28-22(25)18-8-4-6-16-5-2-3-7-17(16)18/h2-11,14H,12-13H2,1H3,(H,23,24)/t14-/m0/s1. The Morgan fingerprint density at radius 2 is 1.82 bits per heavy atom. The van der Waals surface area contributed by atoms with Crippen LogP contribution in [0.2, 0.25) is 0 Å². The fourth-order valence-electron chi connectivity index (χ4n) is 3.06. The van der Waals surface area contributed by atoms with Crippen LogP contribution in [0.3, 0.4) is 0 Å². The van der Waals surface area contributed by atoms with Crippen molar-refractivity contribution in [2.75, 3.05) is 6.79 Å². The van der Waals surface area contributed by atoms with Gasteiger partial charge in [0.05, 0.1) is 5.56 Å². The molecule has 0 aliphatic carbocycles. The van der Waals surface area contributed by atoms with E-state index in [0.717, 1.165) is 16.3 Å². The van der Waals surface area contributed by atoms with E-state index in [1.165, 1.54) is 0 Å². The molecule has 0 saturated carbocycles. The molecule has 1 atom stereocenters. The maximum absolute atomic E-state index is 12.5. The Labute approximate surface area is 162 Å². The topological polar surface area (TPSA) is 73.9 Å². The van der Waals surface area contributed by atoms with Crippen molar-refractivity contribution in [2.24, 2.45) is 0 Å². The Morgan fingerprint density at radius 1 is 1.04 bits per heavy atom. The predicted octanol–water partition coefficient (Wildman–Crippen LogP) is 3.43. The van der Waals surface area contributed by atoms with Crippen LogP contribution in [0.5, 0.6) is 11.5 Å². The number of nitrogens with one attached hydrogen (secondary N) is 1. The molecule has 28 heavy (non-hydrogen) atoms. The van der Waals surface area contributed by atoms with Crippen molar-refractivity contribution in [1.29, 1.82) is 0 Å². The fourth-order valence-corrected chi connectivity index (χ4v) is 3.06. The molecule has 0 radical (unpaired) electrons. The van der Waals surface area contributed by atoms with Crippen molar-refractivity contribution in [2.45, 2.75) is 19.6 Å². The number of fused-ring (bicyclic) bond motifs is 2. The molecule has 0 aromatic heterocycles. The molecule has 6 heteroatoms. The van der Waals surface area contributed by atoms with Crippen LogP contribution < -0.4 is 14.8 Å². The lowest BCUT2D eigenvalue weighted by Gasteiger charge is -2.14. The molecule has 1 N–H and O–H groups in total. The minimum absolute atomic E-state index is 0.201. The van der Waals surface area contributed by atoms with Gasteiger partial charge >= 0.3 is 5.97 Å². The van der Waals surface area contributed by atoms with Crippen LogP contribution in [0.25, 0.3) is 10.8 Å². The van der Waals surface area contributed by atoms with Gasteiger partial charge in [0.25, 0.3) is 5.91 Å². The van der Waals surface area contributed by atoms with Crippen LogP contribution in [0.1, 0.15) is 22.8 Å². The zero-order valence-electron chi connectivity index (χ0n) is 15.3. The van der Waals surface area contributed by atoms with Crippen molar-refractivity contribution in [3.05, 3.63) is 71.8 Å². The second-order valence-corrected chi connectivity index (χ2v) is 6.48. The highest BCUT2D eigenvalue weighted by molar-refractivity contribution is 6.05. The van der Waals surface area contributed by atoms with Gasteiger partial charge in [0.1, 0.15) is 0 Å². The normalized spacial score (nSPS) is 13.2. The van der Waals surface area contributed by atoms with Crippen molar-refractivity contribution < 1.29 is 23.8 Å². The third kappa shape index (κ3) is 3.62. The van der Waals surface area contributed by atoms with Crippen LogP contribution in [0.15, 0.2) is 60.7 Å². The lowest BCUT2D eigenvalue weighted by molar-refractivity contribution is -0.129. The number of carbonyl (C=O) groups is 2. The summed E-state index contributed by atoms with van der Waals surface area (Å²) in [5, 5.41) is 4.51. The first-order valence-corrected chi connectivity index (χ1v) is 8.97. The summed E-state index contributed by atoms with van der Waals surface area (Å²) in [5.74, 6) is 0.448. The van der Waals surface area contributed by atoms with Crippen LogP contribution in [0, 0.1) is 0 Å². The summed E-state index contributed by atoms with van der Waals surface area (Å²) < 4.78 is 16.0. The van der Waals surface area contributed by atoms with Crippen molar-refractivity contribution in [3.63, 3.8) is 0 Å². The van der Waals surface area contributed by atoms with E-state index in [2.05, 4.69) is 5.32 Å². The number of benzene rings is 3. The molecule has 0 unspecified atom stereocenters. The molecule has 0 bridgehead atoms. The summed E-state index contributed by atoms with van der Waals surface area (Å²) >= 11 is 0. The van der Waals surface area contributed by atoms with Crippen molar-refractivity contribution in [1.82, 2.24) is 5.32 Å². The van der Waals surface area contributed by atoms with Gasteiger partial charge in [0, 0.05) is 6.54 Å². The first kappa shape index (κ1) is 17.9. The van der Waals surface area contributed by atoms with E-state index in [9.17, 15) is 9.59 Å². The van der Waals surface area contributed by atoms with E-state index in [4.69, 9.17) is 14.2 Å². The maximum atomic E-state index is 12.5. The summed E-state index contributed by atoms with van der Waals surface area (Å²) in [5.41, 5.74) is 1.30. The van der Waals surface area contributed by atoms with Gasteiger partial charge < -0.3 is 19.5 Å². The minimum Gasteiger partial charge on any atom is -0.454 e. The highest BCUT2D eigenvalue weighted by atomic mass is 16.7. The number of amides is 1. The molecule has 4 rings (SSSR count). The molecule has 1 amide bonds. The first-order valence-electron chi connectivity index (χ1n) is 8.97. The summed E-state index contributed by atoms with van der Waals surface area (Å²) in [7, 11) is 0. The van der Waals surface area contributed by atoms with Gasteiger partial charge in [0.2, 0.25) is 6.79 Å². The van der Waals surface area contributed by atoms with E-state index in [0.29, 0.717) is 23.6 Å². The van der Waals surface area contributed by atoms with Gasteiger partial charge in [-0.05, 0) is 41.5 Å². The second-order valence-electron chi connectivity index (χ2n) is 6.48. The molecule has 1 heterocycles. The van der Waals surface area contributed by atoms with Crippen LogP contribution in [0.4, 0.5) is 0 Å². The highest BCUT2D eigenvalue weighted by Crippen LogP contribution is 2.32. The third-order valence-corrected chi connectivity index (χ3v) is 4.57. The van der Waals surface area contributed by atoms with E-state index in [-0.39, 0.29) is 12.7 Å². The lowest BCUT2D eigenvalue weighted by atomic mass is 10.0. The average molecular weight is 377 g/mol. The van der Waals surface area contributed by atoms with E-state index < -0.39 is 12.1 Å². The monoisotopic (exact) mass is 377 g/mol. The number of hydrogen-bond donors (Lipinski definition) is 1. The van der Waals surface area contributed by atoms with E-state index >= 15 is 0 Å². The SMILES string of the molecule is C[C@H](OC(=O)c1cccc2ccccc12)C(=O)NCc1ccc2c(c1)OCO2. The second kappa shape index (κ2) is 7.60. The quantitative estimate of drug-likeness (QED) is 0.690. The Hall–Kier alpha value is -3.54. The first-order chi connectivity index (χ1) is 13.6. The minimum atomic E-state index is -0.916. The summed E-state index contributed by atoms with van der Waals surface area (Å²) in [4.78, 5) is 24.9. The number of ether oxygens (including phenoxy) is 3. The summed E-state index contributed by atoms with van der Waals surface area (Å²) in [6.45, 7) is 2.05. The molecular formula is C22H19NO5. The molecule has 3 aromatic carbocycles. The Kier molecular flexibility index (Phi) is 4.85. The van der Waals surface area contributed by atoms with Crippen LogP contribution in [-0.2, 0) is 16.1 Å². The lowest BCUT2D eigenvalue weighted by Crippen LogP contribution is -2.35. The number of rotatable bonds is 5. The summed E-state index contributed by atoms with van der Waals surface area (Å²) in [6, 6.07) is 18.4. The third-order valence-electron chi connectivity index (χ3n) is 4.57. The van der Waals surface area contributed by atoms with E-state index in [1.807, 2.05) is 42.5 Å². The van der Waals surface area contributed by atoms with Gasteiger partial charge in [-0.15, -0.1) is 0 Å². The van der Waals surface area contributed by atoms with Gasteiger partial charge in [-0.2, -0.15) is 0 Å². The molecule has 6 nitrogen and oxygen atoms in total. The fraction of sp³-hybridized carbons (Fsp3) is 0.182. The maximum Gasteiger partial charge on any atom is 0.339 e. The van der Waals surface area contributed by atoms with Crippen LogP contribution in [-0.4, -0.2) is 24.8 Å². The highest BCUT2D eigenvalue weighted by Gasteiger charge is 2.20.